The number of rotatable bonds is 16. The Kier molecular flexibility index (Phi) is 12.6. The van der Waals surface area contributed by atoms with Gasteiger partial charge in [0.25, 0.3) is 0 Å². The van der Waals surface area contributed by atoms with Crippen LogP contribution in [0.15, 0.2) is 40.5 Å². The van der Waals surface area contributed by atoms with Crippen LogP contribution in [0.3, 0.4) is 0 Å². The molecule has 0 aromatic rings. The highest BCUT2D eigenvalue weighted by Gasteiger charge is 2.55. The van der Waals surface area contributed by atoms with Gasteiger partial charge in [-0.05, 0) is 86.3 Å². The van der Waals surface area contributed by atoms with E-state index in [2.05, 4.69) is 31.7 Å². The van der Waals surface area contributed by atoms with Crippen LogP contribution in [0.2, 0.25) is 0 Å². The zero-order valence-electron chi connectivity index (χ0n) is 28.2. The van der Waals surface area contributed by atoms with Gasteiger partial charge in [0.1, 0.15) is 5.76 Å². The first-order valence-electron chi connectivity index (χ1n) is 17.6. The lowest BCUT2D eigenvalue weighted by Gasteiger charge is -2.53. The minimum atomic E-state index is -0.276. The number of carbonyl (C=O) groups excluding carboxylic acids is 3. The van der Waals surface area contributed by atoms with E-state index < -0.39 is 0 Å². The topological polar surface area (TPSA) is 72.9 Å². The zero-order chi connectivity index (χ0) is 31.7. The molecule has 4 rings (SSSR count). The van der Waals surface area contributed by atoms with Gasteiger partial charge in [-0.25, -0.2) is 0 Å². The van der Waals surface area contributed by atoms with Crippen molar-refractivity contribution >= 4 is 17.8 Å². The van der Waals surface area contributed by atoms with E-state index in [1.807, 2.05) is 11.9 Å². The van der Waals surface area contributed by atoms with Gasteiger partial charge in [0, 0.05) is 45.7 Å². The van der Waals surface area contributed by atoms with Crippen molar-refractivity contribution in [2.24, 2.45) is 29.1 Å². The Labute approximate surface area is 266 Å². The molecular formula is C38H57NO5. The highest BCUT2D eigenvalue weighted by atomic mass is 16.5. The van der Waals surface area contributed by atoms with Crippen LogP contribution < -0.4 is 0 Å². The third kappa shape index (κ3) is 8.56. The maximum Gasteiger partial charge on any atom is 0.308 e. The molecule has 44 heavy (non-hydrogen) atoms. The molecule has 244 valence electrons. The van der Waals surface area contributed by atoms with Crippen molar-refractivity contribution in [2.75, 3.05) is 13.6 Å². The maximum absolute atomic E-state index is 12.2. The van der Waals surface area contributed by atoms with Gasteiger partial charge in [-0.3, -0.25) is 14.4 Å². The molecule has 5 atom stereocenters. The molecule has 6 heteroatoms. The number of amides is 1. The van der Waals surface area contributed by atoms with Crippen molar-refractivity contribution < 1.29 is 23.9 Å². The van der Waals surface area contributed by atoms with Crippen LogP contribution in [0.25, 0.3) is 0 Å². The van der Waals surface area contributed by atoms with Crippen molar-refractivity contribution in [3.05, 3.63) is 40.5 Å². The van der Waals surface area contributed by atoms with Gasteiger partial charge in [0.05, 0.1) is 0 Å². The average Bonchev–Trinajstić information content (AvgIpc) is 3.31. The summed E-state index contributed by atoms with van der Waals surface area (Å²) < 4.78 is 11.2. The smallest absolute Gasteiger partial charge is 0.308 e. The number of hydrogen-bond acceptors (Lipinski definition) is 5. The fourth-order valence-electron chi connectivity index (χ4n) is 8.67. The molecule has 3 unspecified atom stereocenters. The van der Waals surface area contributed by atoms with Crippen molar-refractivity contribution in [1.29, 1.82) is 0 Å². The molecule has 0 aromatic heterocycles. The molecule has 1 fully saturated rings. The van der Waals surface area contributed by atoms with Crippen molar-refractivity contribution in [1.82, 2.24) is 4.90 Å². The van der Waals surface area contributed by atoms with E-state index in [0.717, 1.165) is 63.7 Å². The fraction of sp³-hybridized carbons (Fsp3) is 0.737. The van der Waals surface area contributed by atoms with Gasteiger partial charge in [-0.2, -0.15) is 0 Å². The number of fused-ring (bicyclic) bond motifs is 4. The van der Waals surface area contributed by atoms with Gasteiger partial charge in [0.15, 0.2) is 5.76 Å². The van der Waals surface area contributed by atoms with Crippen LogP contribution in [0.4, 0.5) is 0 Å². The summed E-state index contributed by atoms with van der Waals surface area (Å²) in [6, 6.07) is 0. The number of allylic oxidation sites excluding steroid dienone is 4. The van der Waals surface area contributed by atoms with Gasteiger partial charge >= 0.3 is 11.9 Å². The first-order valence-corrected chi connectivity index (χ1v) is 17.6. The van der Waals surface area contributed by atoms with Crippen LogP contribution in [-0.4, -0.2) is 36.3 Å². The molecule has 4 aliphatic rings. The van der Waals surface area contributed by atoms with E-state index in [0.29, 0.717) is 48.2 Å². The third-order valence-electron chi connectivity index (χ3n) is 11.0. The predicted molar refractivity (Wildman–Crippen MR) is 174 cm³/mol. The normalized spacial score (nSPS) is 27.1. The third-order valence-corrected chi connectivity index (χ3v) is 11.0. The molecule has 0 bridgehead atoms. The molecule has 1 amide bonds. The van der Waals surface area contributed by atoms with Crippen molar-refractivity contribution in [3.63, 3.8) is 0 Å². The van der Waals surface area contributed by atoms with Crippen molar-refractivity contribution in [3.8, 4) is 0 Å². The summed E-state index contributed by atoms with van der Waals surface area (Å²) in [5, 5.41) is 0. The van der Waals surface area contributed by atoms with Gasteiger partial charge < -0.3 is 14.4 Å². The van der Waals surface area contributed by atoms with Crippen LogP contribution >= 0.6 is 0 Å². The first kappa shape index (κ1) is 34.3. The largest absolute Gasteiger partial charge is 0.431 e. The van der Waals surface area contributed by atoms with E-state index in [-0.39, 0.29) is 17.4 Å². The molecule has 0 spiro atoms. The zero-order valence-corrected chi connectivity index (χ0v) is 28.2. The van der Waals surface area contributed by atoms with E-state index in [1.54, 1.807) is 0 Å². The average molecular weight is 608 g/mol. The minimum Gasteiger partial charge on any atom is -0.431 e. The Morgan fingerprint density at radius 3 is 2.34 bits per heavy atom. The summed E-state index contributed by atoms with van der Waals surface area (Å²) in [6.45, 7) is 8.34. The van der Waals surface area contributed by atoms with Crippen molar-refractivity contribution in [2.45, 2.75) is 137 Å². The monoisotopic (exact) mass is 607 g/mol. The molecule has 0 aliphatic heterocycles. The number of unbranched alkanes of at least 4 members (excludes halogenated alkanes) is 8. The Bertz CT molecular complexity index is 1170. The second-order valence-electron chi connectivity index (χ2n) is 14.2. The molecule has 1 saturated carbocycles. The molecule has 0 N–H and O–H groups in total. The number of nitrogens with zero attached hydrogens (tertiary/aromatic N) is 1. The predicted octanol–water partition coefficient (Wildman–Crippen LogP) is 8.97. The Morgan fingerprint density at radius 2 is 1.66 bits per heavy atom. The van der Waals surface area contributed by atoms with E-state index >= 15 is 0 Å². The summed E-state index contributed by atoms with van der Waals surface area (Å²) in [6.07, 6.45) is 23.0. The standard InChI is InChI=1S/C38H57NO5/c1-6-7-24-39(5)36(42)17-15-13-11-9-8-10-12-14-16-29-25-30-26-31(43-27(2)40)18-19-32(30)33-22-23-38(4)34(37(29)33)20-21-35(38)44-28(3)41/h19,21,29,33-34,37H,6-17,20,22-26H2,1-5H3/t29-,33?,34?,37?,38+/m1/s1. The van der Waals surface area contributed by atoms with E-state index in [4.69, 9.17) is 9.47 Å². The number of carbonyl (C=O) groups is 3. The first-order chi connectivity index (χ1) is 21.1. The SMILES string of the molecule is CCCCN(C)C(=O)CCCCCCCCCC[C@@H]1CC2=C(C=C=C(OC(C)=O)C2)C2CC[C@]3(C)C(OC(C)=O)=CCC3C21. The maximum atomic E-state index is 12.2. The molecule has 0 heterocycles. The van der Waals surface area contributed by atoms with Gasteiger partial charge in [-0.1, -0.05) is 76.5 Å². The van der Waals surface area contributed by atoms with Crippen LogP contribution in [0.5, 0.6) is 0 Å². The Hall–Kier alpha value is -2.59. The van der Waals surface area contributed by atoms with Crippen LogP contribution in [0, 0.1) is 29.1 Å². The highest BCUT2D eigenvalue weighted by molar-refractivity contribution is 5.75. The molecule has 0 radical (unpaired) electrons. The summed E-state index contributed by atoms with van der Waals surface area (Å²) in [5.41, 5.74) is 6.09. The lowest BCUT2D eigenvalue weighted by molar-refractivity contribution is -0.140. The number of ether oxygens (including phenoxy) is 2. The Balaban J connectivity index is 1.27. The lowest BCUT2D eigenvalue weighted by atomic mass is 9.51. The summed E-state index contributed by atoms with van der Waals surface area (Å²) in [7, 11) is 1.93. The summed E-state index contributed by atoms with van der Waals surface area (Å²) >= 11 is 0. The Morgan fingerprint density at radius 1 is 0.977 bits per heavy atom. The number of hydrogen-bond donors (Lipinski definition) is 0. The fourth-order valence-corrected chi connectivity index (χ4v) is 8.67. The van der Waals surface area contributed by atoms with E-state index in [9.17, 15) is 14.4 Å². The lowest BCUT2D eigenvalue weighted by Crippen LogP contribution is -2.46. The van der Waals surface area contributed by atoms with Crippen LogP contribution in [0.1, 0.15) is 137 Å². The molecule has 4 aliphatic carbocycles. The quantitative estimate of drug-likeness (QED) is 0.0995. The molecule has 0 saturated heterocycles. The summed E-state index contributed by atoms with van der Waals surface area (Å²) in [5.74, 6) is 3.49. The summed E-state index contributed by atoms with van der Waals surface area (Å²) in [4.78, 5) is 37.7. The van der Waals surface area contributed by atoms with Crippen LogP contribution in [-0.2, 0) is 23.9 Å². The molecule has 6 nitrogen and oxygen atoms in total. The second kappa shape index (κ2) is 16.1. The van der Waals surface area contributed by atoms with Gasteiger partial charge in [-0.15, -0.1) is 0 Å². The molecule has 0 aromatic carbocycles. The van der Waals surface area contributed by atoms with E-state index in [1.165, 1.54) is 69.9 Å². The minimum absolute atomic E-state index is 0.0736. The second-order valence-corrected chi connectivity index (χ2v) is 14.2. The number of esters is 2. The highest BCUT2D eigenvalue weighted by Crippen LogP contribution is 2.63. The molecular weight excluding hydrogens is 550 g/mol. The van der Waals surface area contributed by atoms with Gasteiger partial charge in [0.2, 0.25) is 5.91 Å².